The van der Waals surface area contributed by atoms with E-state index in [0.29, 0.717) is 12.3 Å². The Hall–Kier alpha value is -1.35. The van der Waals surface area contributed by atoms with Gasteiger partial charge in [-0.05, 0) is 0 Å². The lowest BCUT2D eigenvalue weighted by Crippen LogP contribution is -2.40. The molecule has 2 rings (SSSR count). The highest BCUT2D eigenvalue weighted by Gasteiger charge is 2.27. The first-order valence-electron chi connectivity index (χ1n) is 6.04. The molecule has 1 heterocycles. The van der Waals surface area contributed by atoms with E-state index in [4.69, 9.17) is 0 Å². The summed E-state index contributed by atoms with van der Waals surface area (Å²) in [5.74, 6) is -9.84. The van der Waals surface area contributed by atoms with Crippen LogP contribution >= 0.6 is 11.8 Å². The molecule has 1 aromatic rings. The molecule has 3 nitrogen and oxygen atoms in total. The second-order valence-electron chi connectivity index (χ2n) is 4.42. The smallest absolute Gasteiger partial charge is 0.226 e. The Morgan fingerprint density at radius 2 is 1.67 bits per heavy atom. The molecule has 0 bridgehead atoms. The van der Waals surface area contributed by atoms with E-state index in [2.05, 4.69) is 5.32 Å². The summed E-state index contributed by atoms with van der Waals surface area (Å²) in [6.45, 7) is 0.686. The van der Waals surface area contributed by atoms with Crippen LogP contribution in [0.1, 0.15) is 6.42 Å². The molecule has 9 heteroatoms. The summed E-state index contributed by atoms with van der Waals surface area (Å²) in [6.07, 6.45) is -0.119. The largest absolute Gasteiger partial charge is 0.321 e. The molecule has 2 N–H and O–H groups in total. The maximum atomic E-state index is 13.4. The van der Waals surface area contributed by atoms with E-state index in [0.717, 1.165) is 5.75 Å². The fourth-order valence-electron chi connectivity index (χ4n) is 1.88. The molecule has 0 spiro atoms. The fourth-order valence-corrected chi connectivity index (χ4v) is 2.83. The van der Waals surface area contributed by atoms with Gasteiger partial charge in [0, 0.05) is 30.5 Å². The maximum absolute atomic E-state index is 13.4. The number of rotatable bonds is 3. The van der Waals surface area contributed by atoms with Crippen molar-refractivity contribution in [2.75, 3.05) is 23.4 Å². The number of amides is 1. The normalized spacial score (nSPS) is 18.6. The number of thioether (sulfide) groups is 1. The molecule has 1 fully saturated rings. The summed E-state index contributed by atoms with van der Waals surface area (Å²) in [7, 11) is 0. The van der Waals surface area contributed by atoms with Gasteiger partial charge in [-0.15, -0.1) is 0 Å². The van der Waals surface area contributed by atoms with Gasteiger partial charge >= 0.3 is 0 Å². The summed E-state index contributed by atoms with van der Waals surface area (Å²) < 4.78 is 65.6. The molecule has 0 saturated carbocycles. The summed E-state index contributed by atoms with van der Waals surface area (Å²) >= 11 is 1.60. The lowest BCUT2D eigenvalue weighted by atomic mass is 10.2. The molecular weight excluding hydrogens is 315 g/mol. The first-order valence-corrected chi connectivity index (χ1v) is 7.19. The van der Waals surface area contributed by atoms with Crippen LogP contribution in [0.5, 0.6) is 0 Å². The van der Waals surface area contributed by atoms with Crippen molar-refractivity contribution in [3.63, 3.8) is 0 Å². The van der Waals surface area contributed by atoms with Crippen LogP contribution in [0, 0.1) is 29.1 Å². The predicted octanol–water partition coefficient (Wildman–Crippen LogP) is 2.42. The van der Waals surface area contributed by atoms with Gasteiger partial charge in [0.1, 0.15) is 5.69 Å². The van der Waals surface area contributed by atoms with Gasteiger partial charge in [-0.3, -0.25) is 4.79 Å². The molecule has 0 aliphatic carbocycles. The van der Waals surface area contributed by atoms with E-state index >= 15 is 0 Å². The predicted molar refractivity (Wildman–Crippen MR) is 68.6 cm³/mol. The van der Waals surface area contributed by atoms with Gasteiger partial charge < -0.3 is 10.6 Å². The quantitative estimate of drug-likeness (QED) is 0.509. The van der Waals surface area contributed by atoms with Gasteiger partial charge in [-0.25, -0.2) is 22.0 Å². The van der Waals surface area contributed by atoms with Crippen molar-refractivity contribution in [1.82, 2.24) is 5.32 Å². The monoisotopic (exact) mass is 326 g/mol. The topological polar surface area (TPSA) is 41.1 Å². The fraction of sp³-hybridized carbons (Fsp3) is 0.417. The van der Waals surface area contributed by atoms with E-state index in [9.17, 15) is 26.7 Å². The Morgan fingerprint density at radius 1 is 1.10 bits per heavy atom. The molecule has 1 amide bonds. The van der Waals surface area contributed by atoms with Crippen LogP contribution in [0.15, 0.2) is 0 Å². The molecule has 1 unspecified atom stereocenters. The molecule has 0 aromatic heterocycles. The lowest BCUT2D eigenvalue weighted by molar-refractivity contribution is -0.116. The summed E-state index contributed by atoms with van der Waals surface area (Å²) in [4.78, 5) is 11.7. The first kappa shape index (κ1) is 16.0. The first-order chi connectivity index (χ1) is 9.91. The molecule has 0 radical (unpaired) electrons. The Labute approximate surface area is 121 Å². The number of carbonyl (C=O) groups excluding carboxylic acids is 1. The number of carbonyl (C=O) groups is 1. The van der Waals surface area contributed by atoms with Crippen molar-refractivity contribution in [3.05, 3.63) is 29.1 Å². The number of hydrogen-bond acceptors (Lipinski definition) is 3. The molecule has 116 valence electrons. The van der Waals surface area contributed by atoms with Crippen molar-refractivity contribution in [1.29, 1.82) is 0 Å². The minimum atomic E-state index is -2.26. The molecule has 1 aliphatic heterocycles. The summed E-state index contributed by atoms with van der Waals surface area (Å²) in [5.41, 5.74) is -1.32. The van der Waals surface area contributed by atoms with E-state index in [1.165, 1.54) is 0 Å². The number of hydrogen-bond donors (Lipinski definition) is 2. The number of halogens is 5. The molecule has 1 atom stereocenters. The zero-order valence-corrected chi connectivity index (χ0v) is 11.4. The molecule has 1 aromatic carbocycles. The Bertz CT molecular complexity index is 534. The minimum Gasteiger partial charge on any atom is -0.321 e. The van der Waals surface area contributed by atoms with Crippen LogP contribution in [-0.2, 0) is 4.79 Å². The van der Waals surface area contributed by atoms with Crippen molar-refractivity contribution < 1.29 is 26.7 Å². The van der Waals surface area contributed by atoms with Gasteiger partial charge in [0.05, 0.1) is 0 Å². The molecule has 21 heavy (non-hydrogen) atoms. The standard InChI is InChI=1S/C12H11F5N2OS/c13-7-8(14)10(16)12(11(17)9(7)15)19-6(20)3-5-4-21-2-1-18-5/h5,18H,1-4H2,(H,19,20). The molecule has 1 saturated heterocycles. The maximum Gasteiger partial charge on any atom is 0.226 e. The number of benzene rings is 1. The van der Waals surface area contributed by atoms with E-state index in [1.807, 2.05) is 0 Å². The Balaban J connectivity index is 2.13. The van der Waals surface area contributed by atoms with Gasteiger partial charge in [0.2, 0.25) is 11.7 Å². The minimum absolute atomic E-state index is 0.119. The van der Waals surface area contributed by atoms with E-state index in [1.54, 1.807) is 17.1 Å². The Kier molecular flexibility index (Phi) is 5.04. The van der Waals surface area contributed by atoms with Crippen LogP contribution in [0.25, 0.3) is 0 Å². The zero-order valence-electron chi connectivity index (χ0n) is 10.6. The van der Waals surface area contributed by atoms with Gasteiger partial charge in [-0.2, -0.15) is 11.8 Å². The second kappa shape index (κ2) is 6.61. The molecule has 1 aliphatic rings. The van der Waals surface area contributed by atoms with Crippen LogP contribution in [0.4, 0.5) is 27.6 Å². The Morgan fingerprint density at radius 3 is 2.19 bits per heavy atom. The summed E-state index contributed by atoms with van der Waals surface area (Å²) in [6, 6.07) is -0.204. The van der Waals surface area contributed by atoms with E-state index in [-0.39, 0.29) is 12.5 Å². The number of nitrogens with one attached hydrogen (secondary N) is 2. The van der Waals surface area contributed by atoms with Gasteiger partial charge in [0.25, 0.3) is 0 Å². The van der Waals surface area contributed by atoms with Crippen molar-refractivity contribution >= 4 is 23.4 Å². The van der Waals surface area contributed by atoms with Crippen LogP contribution in [0.2, 0.25) is 0 Å². The third-order valence-corrected chi connectivity index (χ3v) is 4.04. The van der Waals surface area contributed by atoms with Crippen LogP contribution in [-0.4, -0.2) is 30.0 Å². The second-order valence-corrected chi connectivity index (χ2v) is 5.57. The third kappa shape index (κ3) is 3.46. The van der Waals surface area contributed by atoms with Crippen molar-refractivity contribution in [2.45, 2.75) is 12.5 Å². The lowest BCUT2D eigenvalue weighted by Gasteiger charge is -2.22. The highest BCUT2D eigenvalue weighted by molar-refractivity contribution is 7.99. The van der Waals surface area contributed by atoms with Gasteiger partial charge in [-0.1, -0.05) is 0 Å². The zero-order chi connectivity index (χ0) is 15.6. The average Bonchev–Trinajstić information content (AvgIpc) is 2.48. The van der Waals surface area contributed by atoms with Crippen molar-refractivity contribution in [2.24, 2.45) is 0 Å². The average molecular weight is 326 g/mol. The van der Waals surface area contributed by atoms with Crippen LogP contribution in [0.3, 0.4) is 0 Å². The molecular formula is C12H11F5N2OS. The highest BCUT2D eigenvalue weighted by Crippen LogP contribution is 2.27. The third-order valence-electron chi connectivity index (χ3n) is 2.90. The van der Waals surface area contributed by atoms with E-state index < -0.39 is 40.7 Å². The van der Waals surface area contributed by atoms with Gasteiger partial charge in [0.15, 0.2) is 23.3 Å². The summed E-state index contributed by atoms with van der Waals surface area (Å²) in [5, 5.41) is 4.77. The SMILES string of the molecule is O=C(CC1CSCCN1)Nc1c(F)c(F)c(F)c(F)c1F. The highest BCUT2D eigenvalue weighted by atomic mass is 32.2. The van der Waals surface area contributed by atoms with Crippen molar-refractivity contribution in [3.8, 4) is 0 Å². The van der Waals surface area contributed by atoms with Crippen LogP contribution < -0.4 is 10.6 Å². The number of anilines is 1.